The first-order chi connectivity index (χ1) is 8.74. The van der Waals surface area contributed by atoms with Gasteiger partial charge in [-0.15, -0.1) is 12.4 Å². The molecule has 108 valence electrons. The molecule has 1 atom stereocenters. The highest BCUT2D eigenvalue weighted by Crippen LogP contribution is 2.09. The van der Waals surface area contributed by atoms with Crippen molar-refractivity contribution in [3.8, 4) is 0 Å². The van der Waals surface area contributed by atoms with Gasteiger partial charge in [0.05, 0.1) is 6.20 Å². The molecule has 2 N–H and O–H groups in total. The molecule has 1 aliphatic heterocycles. The number of thioether (sulfide) groups is 1. The molecule has 0 spiro atoms. The molecule has 2 heterocycles. The van der Waals surface area contributed by atoms with Crippen molar-refractivity contribution in [1.29, 1.82) is 0 Å². The zero-order valence-electron chi connectivity index (χ0n) is 11.1. The molecule has 1 amide bonds. The van der Waals surface area contributed by atoms with Crippen LogP contribution in [0.15, 0.2) is 12.4 Å². The Kier molecular flexibility index (Phi) is 7.27. The molecular formula is C12H21ClN4OS. The van der Waals surface area contributed by atoms with E-state index in [1.54, 1.807) is 4.68 Å². The van der Waals surface area contributed by atoms with Crippen molar-refractivity contribution in [2.24, 2.45) is 7.05 Å². The van der Waals surface area contributed by atoms with E-state index in [-0.39, 0.29) is 18.3 Å². The van der Waals surface area contributed by atoms with E-state index in [9.17, 15) is 4.79 Å². The van der Waals surface area contributed by atoms with Crippen LogP contribution < -0.4 is 10.6 Å². The molecule has 7 heteroatoms. The van der Waals surface area contributed by atoms with Crippen molar-refractivity contribution >= 4 is 30.1 Å². The lowest BCUT2D eigenvalue weighted by Gasteiger charge is -2.22. The number of hydrogen-bond acceptors (Lipinski definition) is 4. The molecule has 1 unspecified atom stereocenters. The molecule has 1 aromatic heterocycles. The van der Waals surface area contributed by atoms with E-state index in [1.165, 1.54) is 0 Å². The number of aromatic nitrogens is 2. The third kappa shape index (κ3) is 5.84. The van der Waals surface area contributed by atoms with Crippen LogP contribution in [-0.4, -0.2) is 46.3 Å². The maximum Gasteiger partial charge on any atom is 0.221 e. The molecule has 1 fully saturated rings. The predicted molar refractivity (Wildman–Crippen MR) is 80.9 cm³/mol. The van der Waals surface area contributed by atoms with E-state index in [1.807, 2.05) is 31.2 Å². The summed E-state index contributed by atoms with van der Waals surface area (Å²) in [6, 6.07) is 0.335. The summed E-state index contributed by atoms with van der Waals surface area (Å²) in [5.74, 6) is 2.33. The second-order valence-corrected chi connectivity index (χ2v) is 5.70. The van der Waals surface area contributed by atoms with Gasteiger partial charge < -0.3 is 10.6 Å². The number of halogens is 1. The second kappa shape index (κ2) is 8.45. The maximum atomic E-state index is 11.7. The van der Waals surface area contributed by atoms with Crippen molar-refractivity contribution in [3.05, 3.63) is 18.0 Å². The fourth-order valence-electron chi connectivity index (χ4n) is 1.99. The van der Waals surface area contributed by atoms with Gasteiger partial charge in [0, 0.05) is 50.3 Å². The Hall–Kier alpha value is -0.720. The van der Waals surface area contributed by atoms with Gasteiger partial charge in [-0.2, -0.15) is 16.9 Å². The Labute approximate surface area is 124 Å². The Morgan fingerprint density at radius 3 is 3.16 bits per heavy atom. The van der Waals surface area contributed by atoms with Crippen molar-refractivity contribution in [2.45, 2.75) is 18.9 Å². The van der Waals surface area contributed by atoms with Gasteiger partial charge in [-0.3, -0.25) is 9.48 Å². The van der Waals surface area contributed by atoms with E-state index in [4.69, 9.17) is 0 Å². The van der Waals surface area contributed by atoms with Crippen LogP contribution in [0, 0.1) is 0 Å². The van der Waals surface area contributed by atoms with E-state index < -0.39 is 0 Å². The van der Waals surface area contributed by atoms with Crippen LogP contribution in [0.2, 0.25) is 0 Å². The van der Waals surface area contributed by atoms with Crippen molar-refractivity contribution < 1.29 is 4.79 Å². The van der Waals surface area contributed by atoms with E-state index in [0.29, 0.717) is 19.0 Å². The third-order valence-corrected chi connectivity index (χ3v) is 4.06. The first-order valence-electron chi connectivity index (χ1n) is 6.29. The molecule has 1 aromatic rings. The third-order valence-electron chi connectivity index (χ3n) is 2.92. The summed E-state index contributed by atoms with van der Waals surface area (Å²) in [5, 5.41) is 10.4. The van der Waals surface area contributed by atoms with Crippen LogP contribution in [0.4, 0.5) is 0 Å². The average Bonchev–Trinajstić information content (AvgIpc) is 2.76. The van der Waals surface area contributed by atoms with Crippen LogP contribution in [0.5, 0.6) is 0 Å². The number of carbonyl (C=O) groups excluding carboxylic acids is 1. The Balaban J connectivity index is 0.00000180. The van der Waals surface area contributed by atoms with Gasteiger partial charge in [0.1, 0.15) is 0 Å². The molecule has 5 nitrogen and oxygen atoms in total. The summed E-state index contributed by atoms with van der Waals surface area (Å²) >= 11 is 1.91. The molecule has 1 aliphatic rings. The molecule has 19 heavy (non-hydrogen) atoms. The fraction of sp³-hybridized carbons (Fsp3) is 0.667. The van der Waals surface area contributed by atoms with Crippen LogP contribution in [-0.2, 0) is 18.3 Å². The minimum atomic E-state index is 0. The SMILES string of the molecule is Cl.Cn1cc(CCNC(=O)CC2CSCCN2)cn1. The first kappa shape index (κ1) is 16.3. The highest BCUT2D eigenvalue weighted by Gasteiger charge is 2.16. The van der Waals surface area contributed by atoms with Crippen molar-refractivity contribution in [2.75, 3.05) is 24.6 Å². The molecule has 2 rings (SSSR count). The van der Waals surface area contributed by atoms with Gasteiger partial charge in [-0.05, 0) is 12.0 Å². The number of aryl methyl sites for hydroxylation is 1. The first-order valence-corrected chi connectivity index (χ1v) is 7.45. The minimum absolute atomic E-state index is 0. The average molecular weight is 305 g/mol. The molecule has 1 saturated heterocycles. The fourth-order valence-corrected chi connectivity index (χ4v) is 2.94. The number of hydrogen-bond donors (Lipinski definition) is 2. The van der Waals surface area contributed by atoms with Crippen molar-refractivity contribution in [3.63, 3.8) is 0 Å². The molecule has 0 aliphatic carbocycles. The summed E-state index contributed by atoms with van der Waals surface area (Å²) in [6.45, 7) is 1.70. The van der Waals surface area contributed by atoms with Gasteiger partial charge in [-0.1, -0.05) is 0 Å². The lowest BCUT2D eigenvalue weighted by molar-refractivity contribution is -0.121. The predicted octanol–water partition coefficient (Wildman–Crippen LogP) is 0.596. The highest BCUT2D eigenvalue weighted by atomic mass is 35.5. The number of amides is 1. The Morgan fingerprint density at radius 1 is 1.68 bits per heavy atom. The smallest absolute Gasteiger partial charge is 0.221 e. The number of rotatable bonds is 5. The Morgan fingerprint density at radius 2 is 2.53 bits per heavy atom. The summed E-state index contributed by atoms with van der Waals surface area (Å²) < 4.78 is 1.78. The van der Waals surface area contributed by atoms with Crippen LogP contribution in [0.25, 0.3) is 0 Å². The van der Waals surface area contributed by atoms with E-state index in [0.717, 1.165) is 30.0 Å². The van der Waals surface area contributed by atoms with Gasteiger partial charge in [0.25, 0.3) is 0 Å². The Bertz CT molecular complexity index is 393. The van der Waals surface area contributed by atoms with Crippen LogP contribution >= 0.6 is 24.2 Å². The monoisotopic (exact) mass is 304 g/mol. The summed E-state index contributed by atoms with van der Waals surface area (Å²) in [5.41, 5.74) is 1.16. The standard InChI is InChI=1S/C12H20N4OS.ClH/c1-16-8-10(7-15-16)2-3-14-12(17)6-11-9-18-5-4-13-11;/h7-8,11,13H,2-6,9H2,1H3,(H,14,17);1H. The topological polar surface area (TPSA) is 59.0 Å². The molecule has 0 bridgehead atoms. The molecule has 0 aromatic carbocycles. The lowest BCUT2D eigenvalue weighted by atomic mass is 10.2. The number of nitrogens with zero attached hydrogens (tertiary/aromatic N) is 2. The highest BCUT2D eigenvalue weighted by molar-refractivity contribution is 7.99. The largest absolute Gasteiger partial charge is 0.356 e. The van der Waals surface area contributed by atoms with Crippen LogP contribution in [0.1, 0.15) is 12.0 Å². The maximum absolute atomic E-state index is 11.7. The van der Waals surface area contributed by atoms with Gasteiger partial charge in [0.15, 0.2) is 0 Å². The quantitative estimate of drug-likeness (QED) is 0.836. The molecule has 0 radical (unpaired) electrons. The number of carbonyl (C=O) groups is 1. The lowest BCUT2D eigenvalue weighted by Crippen LogP contribution is -2.41. The van der Waals surface area contributed by atoms with E-state index >= 15 is 0 Å². The summed E-state index contributed by atoms with van der Waals surface area (Å²) in [4.78, 5) is 11.7. The molecular weight excluding hydrogens is 284 g/mol. The van der Waals surface area contributed by atoms with Crippen molar-refractivity contribution in [1.82, 2.24) is 20.4 Å². The van der Waals surface area contributed by atoms with Gasteiger partial charge >= 0.3 is 0 Å². The van der Waals surface area contributed by atoms with Gasteiger partial charge in [0.2, 0.25) is 5.91 Å². The second-order valence-electron chi connectivity index (χ2n) is 4.55. The minimum Gasteiger partial charge on any atom is -0.356 e. The normalized spacial score (nSPS) is 18.7. The molecule has 0 saturated carbocycles. The summed E-state index contributed by atoms with van der Waals surface area (Å²) in [7, 11) is 1.90. The van der Waals surface area contributed by atoms with E-state index in [2.05, 4.69) is 15.7 Å². The van der Waals surface area contributed by atoms with Gasteiger partial charge in [-0.25, -0.2) is 0 Å². The zero-order chi connectivity index (χ0) is 12.8. The number of nitrogens with one attached hydrogen (secondary N) is 2. The summed E-state index contributed by atoms with van der Waals surface area (Å²) in [6.07, 6.45) is 5.24. The zero-order valence-corrected chi connectivity index (χ0v) is 12.7. The van der Waals surface area contributed by atoms with Crippen LogP contribution in [0.3, 0.4) is 0 Å².